The molecule has 20 heavy (non-hydrogen) atoms. The van der Waals surface area contributed by atoms with E-state index in [1.807, 2.05) is 6.07 Å². The zero-order chi connectivity index (χ0) is 13.9. The number of aryl methyl sites for hydroxylation is 1. The second-order valence-corrected chi connectivity index (χ2v) is 4.86. The van der Waals surface area contributed by atoms with Crippen LogP contribution in [0.15, 0.2) is 36.7 Å². The van der Waals surface area contributed by atoms with Gasteiger partial charge in [-0.15, -0.1) is 0 Å². The highest BCUT2D eigenvalue weighted by molar-refractivity contribution is 5.85. The van der Waals surface area contributed by atoms with Crippen LogP contribution >= 0.6 is 0 Å². The van der Waals surface area contributed by atoms with E-state index in [-0.39, 0.29) is 5.69 Å². The number of hydrogen-bond donors (Lipinski definition) is 1. The van der Waals surface area contributed by atoms with Crippen molar-refractivity contribution in [3.63, 3.8) is 0 Å². The van der Waals surface area contributed by atoms with Gasteiger partial charge in [0, 0.05) is 13.1 Å². The Hall–Kier alpha value is -2.43. The lowest BCUT2D eigenvalue weighted by Gasteiger charge is -2.21. The number of anilines is 1. The zero-order valence-corrected chi connectivity index (χ0v) is 11.0. The largest absolute Gasteiger partial charge is 0.476 e. The van der Waals surface area contributed by atoms with E-state index >= 15 is 0 Å². The second-order valence-electron chi connectivity index (χ2n) is 4.86. The Balaban J connectivity index is 1.91. The number of nitrogens with zero attached hydrogens (tertiary/aromatic N) is 3. The van der Waals surface area contributed by atoms with Crippen LogP contribution < -0.4 is 4.90 Å². The van der Waals surface area contributed by atoms with E-state index in [0.29, 0.717) is 5.82 Å². The maximum absolute atomic E-state index is 11.0. The SMILES string of the molecule is O=C(O)c1cncc(N2CCCc3ccccc3C2)n1. The van der Waals surface area contributed by atoms with Gasteiger partial charge in [-0.05, 0) is 24.0 Å². The highest BCUT2D eigenvalue weighted by Crippen LogP contribution is 2.22. The predicted octanol–water partition coefficient (Wildman–Crippen LogP) is 2.13. The minimum atomic E-state index is -1.05. The van der Waals surface area contributed by atoms with Gasteiger partial charge in [0.15, 0.2) is 5.69 Å². The lowest BCUT2D eigenvalue weighted by molar-refractivity contribution is 0.0690. The maximum Gasteiger partial charge on any atom is 0.356 e. The summed E-state index contributed by atoms with van der Waals surface area (Å²) in [6, 6.07) is 8.35. The Bertz CT molecular complexity index is 643. The number of aromatic nitrogens is 2. The average Bonchev–Trinajstić information content (AvgIpc) is 2.69. The molecule has 0 aliphatic carbocycles. The van der Waals surface area contributed by atoms with E-state index in [9.17, 15) is 4.79 Å². The van der Waals surface area contributed by atoms with Crippen LogP contribution in [-0.2, 0) is 13.0 Å². The van der Waals surface area contributed by atoms with Crippen molar-refractivity contribution in [3.05, 3.63) is 53.5 Å². The molecule has 0 atom stereocenters. The van der Waals surface area contributed by atoms with Gasteiger partial charge in [-0.3, -0.25) is 4.98 Å². The number of benzene rings is 1. The summed E-state index contributed by atoms with van der Waals surface area (Å²) < 4.78 is 0. The second kappa shape index (κ2) is 5.28. The number of carboxylic acids is 1. The first-order valence-electron chi connectivity index (χ1n) is 6.61. The average molecular weight is 269 g/mol. The summed E-state index contributed by atoms with van der Waals surface area (Å²) in [5.74, 6) is -0.420. The Morgan fingerprint density at radius 3 is 2.80 bits per heavy atom. The molecule has 1 aliphatic heterocycles. The van der Waals surface area contributed by atoms with Crippen molar-refractivity contribution in [1.82, 2.24) is 9.97 Å². The van der Waals surface area contributed by atoms with Crippen LogP contribution in [0.3, 0.4) is 0 Å². The number of rotatable bonds is 2. The van der Waals surface area contributed by atoms with Gasteiger partial charge in [-0.1, -0.05) is 24.3 Å². The van der Waals surface area contributed by atoms with Crippen molar-refractivity contribution in [2.75, 3.05) is 11.4 Å². The quantitative estimate of drug-likeness (QED) is 0.904. The molecule has 0 saturated carbocycles. The van der Waals surface area contributed by atoms with Crippen LogP contribution in [0.2, 0.25) is 0 Å². The molecule has 1 aliphatic rings. The summed E-state index contributed by atoms with van der Waals surface area (Å²) in [5.41, 5.74) is 2.62. The van der Waals surface area contributed by atoms with Gasteiger partial charge < -0.3 is 10.0 Å². The fourth-order valence-electron chi connectivity index (χ4n) is 2.51. The lowest BCUT2D eigenvalue weighted by atomic mass is 10.0. The summed E-state index contributed by atoms with van der Waals surface area (Å²) in [6.45, 7) is 1.60. The first kappa shape index (κ1) is 12.6. The molecule has 1 aromatic carbocycles. The fraction of sp³-hybridized carbons (Fsp3) is 0.267. The van der Waals surface area contributed by atoms with Gasteiger partial charge in [0.25, 0.3) is 0 Å². The van der Waals surface area contributed by atoms with Crippen molar-refractivity contribution >= 4 is 11.8 Å². The molecule has 0 spiro atoms. The molecule has 1 aromatic heterocycles. The Morgan fingerprint density at radius 2 is 2.00 bits per heavy atom. The Morgan fingerprint density at radius 1 is 1.20 bits per heavy atom. The highest BCUT2D eigenvalue weighted by Gasteiger charge is 2.17. The van der Waals surface area contributed by atoms with Gasteiger partial charge in [0.2, 0.25) is 0 Å². The molecular formula is C15H15N3O2. The summed E-state index contributed by atoms with van der Waals surface area (Å²) in [5, 5.41) is 9.00. The van der Waals surface area contributed by atoms with Gasteiger partial charge >= 0.3 is 5.97 Å². The molecular weight excluding hydrogens is 254 g/mol. The molecule has 0 fully saturated rings. The summed E-state index contributed by atoms with van der Waals surface area (Å²) in [7, 11) is 0. The van der Waals surface area contributed by atoms with Gasteiger partial charge in [-0.25, -0.2) is 9.78 Å². The molecule has 2 aromatic rings. The fourth-order valence-corrected chi connectivity index (χ4v) is 2.51. The third-order valence-electron chi connectivity index (χ3n) is 3.52. The first-order chi connectivity index (χ1) is 9.74. The molecule has 5 heteroatoms. The first-order valence-corrected chi connectivity index (χ1v) is 6.61. The van der Waals surface area contributed by atoms with Gasteiger partial charge in [0.1, 0.15) is 5.82 Å². The molecule has 1 N–H and O–H groups in total. The summed E-state index contributed by atoms with van der Waals surface area (Å²) >= 11 is 0. The smallest absolute Gasteiger partial charge is 0.356 e. The van der Waals surface area contributed by atoms with Crippen LogP contribution in [0.4, 0.5) is 5.82 Å². The van der Waals surface area contributed by atoms with E-state index in [0.717, 1.165) is 25.9 Å². The molecule has 3 rings (SSSR count). The minimum Gasteiger partial charge on any atom is -0.476 e. The molecule has 0 radical (unpaired) electrons. The Labute approximate surface area is 116 Å². The normalized spacial score (nSPS) is 14.5. The number of carbonyl (C=O) groups is 1. The number of hydrogen-bond acceptors (Lipinski definition) is 4. The molecule has 0 saturated heterocycles. The minimum absolute atomic E-state index is 0.0139. The van der Waals surface area contributed by atoms with E-state index in [2.05, 4.69) is 33.1 Å². The van der Waals surface area contributed by atoms with Crippen molar-refractivity contribution in [2.45, 2.75) is 19.4 Å². The number of fused-ring (bicyclic) bond motifs is 1. The number of aromatic carboxylic acids is 1. The standard InChI is InChI=1S/C15H15N3O2/c19-15(20)13-8-16-9-14(17-13)18-7-3-6-11-4-1-2-5-12(11)10-18/h1-2,4-5,8-9H,3,6-7,10H2,(H,19,20). The maximum atomic E-state index is 11.0. The lowest BCUT2D eigenvalue weighted by Crippen LogP contribution is -2.24. The number of carboxylic acid groups (broad SMARTS) is 1. The van der Waals surface area contributed by atoms with Crippen molar-refractivity contribution in [3.8, 4) is 0 Å². The monoisotopic (exact) mass is 269 g/mol. The van der Waals surface area contributed by atoms with Gasteiger partial charge in [-0.2, -0.15) is 0 Å². The van der Waals surface area contributed by atoms with E-state index in [1.165, 1.54) is 17.3 Å². The van der Waals surface area contributed by atoms with Crippen molar-refractivity contribution in [2.24, 2.45) is 0 Å². The third kappa shape index (κ3) is 2.47. The molecule has 0 unspecified atom stereocenters. The van der Waals surface area contributed by atoms with Crippen LogP contribution in [0.5, 0.6) is 0 Å². The summed E-state index contributed by atoms with van der Waals surface area (Å²) in [4.78, 5) is 21.2. The highest BCUT2D eigenvalue weighted by atomic mass is 16.4. The molecule has 0 bridgehead atoms. The molecule has 102 valence electrons. The van der Waals surface area contributed by atoms with Crippen molar-refractivity contribution < 1.29 is 9.90 Å². The van der Waals surface area contributed by atoms with Crippen molar-refractivity contribution in [1.29, 1.82) is 0 Å². The van der Waals surface area contributed by atoms with E-state index < -0.39 is 5.97 Å². The third-order valence-corrected chi connectivity index (χ3v) is 3.52. The topological polar surface area (TPSA) is 66.3 Å². The molecule has 2 heterocycles. The van der Waals surface area contributed by atoms with Gasteiger partial charge in [0.05, 0.1) is 12.4 Å². The van der Waals surface area contributed by atoms with E-state index in [1.54, 1.807) is 6.20 Å². The van der Waals surface area contributed by atoms with Crippen LogP contribution in [0, 0.1) is 0 Å². The summed E-state index contributed by atoms with van der Waals surface area (Å²) in [6.07, 6.45) is 4.96. The van der Waals surface area contributed by atoms with Crippen LogP contribution in [0.1, 0.15) is 28.0 Å². The van der Waals surface area contributed by atoms with E-state index in [4.69, 9.17) is 5.11 Å². The molecule has 0 amide bonds. The molecule has 5 nitrogen and oxygen atoms in total. The zero-order valence-electron chi connectivity index (χ0n) is 11.0. The predicted molar refractivity (Wildman–Crippen MR) is 74.8 cm³/mol. The van der Waals surface area contributed by atoms with Crippen LogP contribution in [0.25, 0.3) is 0 Å². The Kier molecular flexibility index (Phi) is 3.33. The van der Waals surface area contributed by atoms with Crippen LogP contribution in [-0.4, -0.2) is 27.6 Å².